The molecule has 7 nitrogen and oxygen atoms in total. The van der Waals surface area contributed by atoms with Crippen LogP contribution in [0.3, 0.4) is 0 Å². The summed E-state index contributed by atoms with van der Waals surface area (Å²) in [5.74, 6) is 0.254. The van der Waals surface area contributed by atoms with Crippen molar-refractivity contribution < 1.29 is 9.53 Å². The first kappa shape index (κ1) is 20.6. The first-order chi connectivity index (χ1) is 15.5. The molecule has 0 amide bonds. The number of halogens is 1. The molecule has 1 fully saturated rings. The molecule has 5 rings (SSSR count). The molecule has 2 aromatic carbocycles. The number of carbonyl (C=O) groups excluding carboxylic acids is 1. The summed E-state index contributed by atoms with van der Waals surface area (Å²) in [6.45, 7) is 1.18. The van der Waals surface area contributed by atoms with Crippen molar-refractivity contribution in [2.45, 2.75) is 32.4 Å². The Morgan fingerprint density at radius 1 is 1.19 bits per heavy atom. The van der Waals surface area contributed by atoms with Crippen molar-refractivity contribution in [2.75, 3.05) is 7.11 Å². The summed E-state index contributed by atoms with van der Waals surface area (Å²) in [5.41, 5.74) is 3.27. The number of fused-ring (bicyclic) bond motifs is 1. The molecule has 1 saturated carbocycles. The Hall–Kier alpha value is -3.32. The highest BCUT2D eigenvalue weighted by Gasteiger charge is 2.20. The highest BCUT2D eigenvalue weighted by atomic mass is 35.5. The van der Waals surface area contributed by atoms with Gasteiger partial charge in [-0.2, -0.15) is 5.10 Å². The largest absolute Gasteiger partial charge is 0.465 e. The molecule has 0 unspecified atom stereocenters. The number of imidazole rings is 1. The minimum atomic E-state index is -0.410. The van der Waals surface area contributed by atoms with Crippen LogP contribution in [-0.2, 0) is 17.8 Å². The van der Waals surface area contributed by atoms with Gasteiger partial charge in [-0.05, 0) is 54.7 Å². The number of benzene rings is 2. The fourth-order valence-electron chi connectivity index (χ4n) is 4.24. The van der Waals surface area contributed by atoms with E-state index in [1.165, 1.54) is 26.4 Å². The van der Waals surface area contributed by atoms with Gasteiger partial charge in [-0.15, -0.1) is 0 Å². The third kappa shape index (κ3) is 3.73. The van der Waals surface area contributed by atoms with E-state index in [-0.39, 0.29) is 5.69 Å². The topological polar surface area (TPSA) is 71.1 Å². The molecule has 0 aliphatic heterocycles. The monoisotopic (exact) mass is 450 g/mol. The molecule has 0 atom stereocenters. The summed E-state index contributed by atoms with van der Waals surface area (Å²) < 4.78 is 10.1. The van der Waals surface area contributed by atoms with E-state index in [4.69, 9.17) is 16.3 Å². The molecular weight excluding hydrogens is 428 g/mol. The van der Waals surface area contributed by atoms with Gasteiger partial charge in [-0.1, -0.05) is 30.2 Å². The summed E-state index contributed by atoms with van der Waals surface area (Å²) in [7, 11) is 1.35. The van der Waals surface area contributed by atoms with Crippen molar-refractivity contribution in [3.8, 4) is 5.69 Å². The van der Waals surface area contributed by atoms with Crippen molar-refractivity contribution in [1.82, 2.24) is 18.9 Å². The van der Waals surface area contributed by atoms with Crippen LogP contribution in [0.25, 0.3) is 16.7 Å². The Balaban J connectivity index is 1.57. The number of hydrogen-bond donors (Lipinski definition) is 0. The molecule has 0 N–H and O–H groups in total. The molecule has 0 bridgehead atoms. The molecule has 32 heavy (non-hydrogen) atoms. The molecular formula is C24H23ClN4O3. The number of carbonyl (C=O) groups is 1. The summed E-state index contributed by atoms with van der Waals surface area (Å²) in [5, 5.41) is 5.04. The van der Waals surface area contributed by atoms with Gasteiger partial charge in [-0.25, -0.2) is 9.59 Å². The number of methoxy groups -OCH3 is 1. The molecule has 0 spiro atoms. The average Bonchev–Trinajstić information content (AvgIpc) is 3.32. The first-order valence-electron chi connectivity index (χ1n) is 10.6. The minimum Gasteiger partial charge on any atom is -0.465 e. The zero-order valence-electron chi connectivity index (χ0n) is 17.7. The van der Waals surface area contributed by atoms with Gasteiger partial charge in [0.15, 0.2) is 0 Å². The third-order valence-corrected chi connectivity index (χ3v) is 6.36. The average molecular weight is 451 g/mol. The fraction of sp³-hybridized carbons (Fsp3) is 0.292. The SMILES string of the molecule is COC(=O)c1cccc(Cn2c(=O)n(-c3cnn(CC4CCC4)c3)c3cc(Cl)ccc32)c1. The molecule has 0 radical (unpaired) electrons. The maximum atomic E-state index is 13.5. The van der Waals surface area contributed by atoms with Gasteiger partial charge in [0.25, 0.3) is 0 Å². The van der Waals surface area contributed by atoms with Crippen molar-refractivity contribution >= 4 is 28.6 Å². The summed E-state index contributed by atoms with van der Waals surface area (Å²) in [6, 6.07) is 12.5. The lowest BCUT2D eigenvalue weighted by molar-refractivity contribution is 0.0600. The van der Waals surface area contributed by atoms with Gasteiger partial charge in [0.2, 0.25) is 0 Å². The maximum Gasteiger partial charge on any atom is 0.337 e. The van der Waals surface area contributed by atoms with Crippen LogP contribution >= 0.6 is 11.6 Å². The molecule has 8 heteroatoms. The van der Waals surface area contributed by atoms with Gasteiger partial charge in [0.05, 0.1) is 42.1 Å². The van der Waals surface area contributed by atoms with E-state index >= 15 is 0 Å². The van der Waals surface area contributed by atoms with E-state index in [9.17, 15) is 9.59 Å². The number of hydrogen-bond acceptors (Lipinski definition) is 4. The lowest BCUT2D eigenvalue weighted by Gasteiger charge is -2.24. The smallest absolute Gasteiger partial charge is 0.337 e. The number of aromatic nitrogens is 4. The number of nitrogens with zero attached hydrogens (tertiary/aromatic N) is 4. The molecule has 4 aromatic rings. The molecule has 1 aliphatic carbocycles. The van der Waals surface area contributed by atoms with E-state index < -0.39 is 5.97 Å². The van der Waals surface area contributed by atoms with Crippen molar-refractivity contribution in [2.24, 2.45) is 5.92 Å². The first-order valence-corrected chi connectivity index (χ1v) is 11.0. The van der Waals surface area contributed by atoms with E-state index in [0.29, 0.717) is 28.7 Å². The van der Waals surface area contributed by atoms with Crippen LogP contribution in [0.4, 0.5) is 0 Å². The lowest BCUT2D eigenvalue weighted by atomic mass is 9.85. The van der Waals surface area contributed by atoms with E-state index in [1.54, 1.807) is 45.7 Å². The van der Waals surface area contributed by atoms with E-state index in [1.807, 2.05) is 23.0 Å². The predicted molar refractivity (Wildman–Crippen MR) is 123 cm³/mol. The van der Waals surface area contributed by atoms with Gasteiger partial charge < -0.3 is 4.74 Å². The second kappa shape index (κ2) is 8.31. The van der Waals surface area contributed by atoms with Gasteiger partial charge in [-0.3, -0.25) is 13.8 Å². The van der Waals surface area contributed by atoms with Crippen molar-refractivity contribution in [1.29, 1.82) is 0 Å². The Bertz CT molecular complexity index is 1360. The Morgan fingerprint density at radius 2 is 2.03 bits per heavy atom. The lowest BCUT2D eigenvalue weighted by Crippen LogP contribution is -2.23. The molecule has 0 saturated heterocycles. The van der Waals surface area contributed by atoms with E-state index in [2.05, 4.69) is 5.10 Å². The number of esters is 1. The maximum absolute atomic E-state index is 13.5. The molecule has 1 aliphatic rings. The second-order valence-corrected chi connectivity index (χ2v) is 8.68. The van der Waals surface area contributed by atoms with Crippen molar-refractivity contribution in [3.05, 3.63) is 81.5 Å². The fourth-order valence-corrected chi connectivity index (χ4v) is 4.40. The summed E-state index contributed by atoms with van der Waals surface area (Å²) >= 11 is 6.28. The highest BCUT2D eigenvalue weighted by molar-refractivity contribution is 6.31. The van der Waals surface area contributed by atoms with Gasteiger partial charge in [0, 0.05) is 17.8 Å². The van der Waals surface area contributed by atoms with Crippen LogP contribution in [0.2, 0.25) is 5.02 Å². The second-order valence-electron chi connectivity index (χ2n) is 8.25. The van der Waals surface area contributed by atoms with Crippen LogP contribution in [0.1, 0.15) is 35.2 Å². The van der Waals surface area contributed by atoms with Crippen LogP contribution in [-0.4, -0.2) is 32.0 Å². The van der Waals surface area contributed by atoms with Crippen LogP contribution in [0.5, 0.6) is 0 Å². The normalized spacial score (nSPS) is 13.9. The highest BCUT2D eigenvalue weighted by Crippen LogP contribution is 2.28. The molecule has 2 heterocycles. The van der Waals surface area contributed by atoms with Crippen LogP contribution in [0, 0.1) is 5.92 Å². The minimum absolute atomic E-state index is 0.186. The summed E-state index contributed by atoms with van der Waals surface area (Å²) in [6.07, 6.45) is 7.38. The van der Waals surface area contributed by atoms with Crippen LogP contribution < -0.4 is 5.69 Å². The zero-order valence-corrected chi connectivity index (χ0v) is 18.5. The van der Waals surface area contributed by atoms with Gasteiger partial charge >= 0.3 is 11.7 Å². The van der Waals surface area contributed by atoms with Crippen LogP contribution in [0.15, 0.2) is 59.7 Å². The van der Waals surface area contributed by atoms with E-state index in [0.717, 1.165) is 23.1 Å². The summed E-state index contributed by atoms with van der Waals surface area (Å²) in [4.78, 5) is 25.4. The number of rotatable bonds is 6. The molecule has 2 aromatic heterocycles. The Labute approximate surface area is 189 Å². The number of ether oxygens (including phenoxy) is 1. The standard InChI is InChI=1S/C24H23ClN4O3/c1-32-23(30)18-7-3-6-17(10-18)14-28-21-9-8-19(25)11-22(21)29(24(28)31)20-12-26-27(15-20)13-16-4-2-5-16/h3,6-12,15-16H,2,4-5,13-14H2,1H3. The van der Waals surface area contributed by atoms with Crippen molar-refractivity contribution in [3.63, 3.8) is 0 Å². The Kier molecular flexibility index (Phi) is 5.35. The third-order valence-electron chi connectivity index (χ3n) is 6.13. The Morgan fingerprint density at radius 3 is 2.78 bits per heavy atom. The predicted octanol–water partition coefficient (Wildman–Crippen LogP) is 4.28. The quantitative estimate of drug-likeness (QED) is 0.411. The van der Waals surface area contributed by atoms with Gasteiger partial charge in [0.1, 0.15) is 0 Å². The molecule has 164 valence electrons. The zero-order chi connectivity index (χ0) is 22.2.